The fourth-order valence-corrected chi connectivity index (χ4v) is 5.25. The van der Waals surface area contributed by atoms with Gasteiger partial charge < -0.3 is 19.7 Å². The summed E-state index contributed by atoms with van der Waals surface area (Å²) in [6.07, 6.45) is -4.76. The molecule has 0 aliphatic carbocycles. The Balaban J connectivity index is 0.00000353. The Labute approximate surface area is 230 Å². The minimum Gasteiger partial charge on any atom is -0.490 e. The predicted molar refractivity (Wildman–Crippen MR) is 139 cm³/mol. The van der Waals surface area contributed by atoms with Gasteiger partial charge >= 0.3 is 12.5 Å². The number of benzene rings is 2. The van der Waals surface area contributed by atoms with E-state index >= 15 is 0 Å². The van der Waals surface area contributed by atoms with Gasteiger partial charge in [-0.25, -0.2) is 4.79 Å². The summed E-state index contributed by atoms with van der Waals surface area (Å²) < 4.78 is 55.5. The first-order valence-corrected chi connectivity index (χ1v) is 12.8. The second-order valence-electron chi connectivity index (χ2n) is 9.69. The Morgan fingerprint density at radius 1 is 1.00 bits per heavy atom. The van der Waals surface area contributed by atoms with Crippen LogP contribution in [-0.4, -0.2) is 61.6 Å². The Morgan fingerprint density at radius 3 is 2.33 bits per heavy atom. The van der Waals surface area contributed by atoms with Crippen LogP contribution in [0.15, 0.2) is 48.5 Å². The lowest BCUT2D eigenvalue weighted by Crippen LogP contribution is -2.51. The first-order valence-electron chi connectivity index (χ1n) is 12.8. The first-order chi connectivity index (χ1) is 18.3. The maximum absolute atomic E-state index is 13.3. The van der Waals surface area contributed by atoms with Gasteiger partial charge in [-0.05, 0) is 62.5 Å². The average molecular weight is 570 g/mol. The van der Waals surface area contributed by atoms with E-state index < -0.39 is 24.5 Å². The van der Waals surface area contributed by atoms with Crippen LogP contribution in [0.4, 0.5) is 23.7 Å². The Morgan fingerprint density at radius 2 is 1.67 bits per heavy atom. The second-order valence-corrected chi connectivity index (χ2v) is 9.69. The number of halogens is 4. The van der Waals surface area contributed by atoms with Crippen LogP contribution >= 0.6 is 12.4 Å². The van der Waals surface area contributed by atoms with Crippen molar-refractivity contribution in [3.05, 3.63) is 59.7 Å². The summed E-state index contributed by atoms with van der Waals surface area (Å²) in [6.45, 7) is 2.26. The third kappa shape index (κ3) is 6.95. The molecule has 2 fully saturated rings. The Kier molecular flexibility index (Phi) is 9.24. The number of rotatable bonds is 6. The van der Waals surface area contributed by atoms with Gasteiger partial charge in [0.2, 0.25) is 0 Å². The summed E-state index contributed by atoms with van der Waals surface area (Å²) in [4.78, 5) is 28.8. The van der Waals surface area contributed by atoms with Gasteiger partial charge in [-0.2, -0.15) is 0 Å². The maximum Gasteiger partial charge on any atom is 0.523 e. The molecule has 12 heteroatoms. The summed E-state index contributed by atoms with van der Waals surface area (Å²) in [6, 6.07) is 13.2. The SMILES string of the molecule is Cl.O=C(C(OC(F)(F)F)c1ccc(OC2CCNCC2)cc1)N1CCC(N2C(=O)OCc3ccccc32)CC1. The molecule has 39 heavy (non-hydrogen) atoms. The van der Waals surface area contributed by atoms with E-state index in [2.05, 4.69) is 10.1 Å². The van der Waals surface area contributed by atoms with Crippen molar-refractivity contribution in [2.75, 3.05) is 31.1 Å². The molecule has 212 valence electrons. The van der Waals surface area contributed by atoms with Gasteiger partial charge in [0.15, 0.2) is 6.10 Å². The summed E-state index contributed by atoms with van der Waals surface area (Å²) in [5, 5.41) is 3.25. The zero-order valence-electron chi connectivity index (χ0n) is 21.2. The molecule has 1 N–H and O–H groups in total. The normalized spacial score (nSPS) is 19.5. The number of hydrogen-bond acceptors (Lipinski definition) is 6. The predicted octanol–water partition coefficient (Wildman–Crippen LogP) is 4.96. The van der Waals surface area contributed by atoms with Crippen LogP contribution in [-0.2, 0) is 20.9 Å². The van der Waals surface area contributed by atoms with Crippen LogP contribution in [0.1, 0.15) is 42.9 Å². The van der Waals surface area contributed by atoms with E-state index in [9.17, 15) is 22.8 Å². The van der Waals surface area contributed by atoms with Gasteiger partial charge in [0.25, 0.3) is 5.91 Å². The minimum atomic E-state index is -5.00. The number of piperidine rings is 2. The van der Waals surface area contributed by atoms with E-state index in [-0.39, 0.29) is 49.8 Å². The zero-order chi connectivity index (χ0) is 26.7. The second kappa shape index (κ2) is 12.4. The summed E-state index contributed by atoms with van der Waals surface area (Å²) in [5.41, 5.74) is 1.75. The minimum absolute atomic E-state index is 0. The molecule has 1 atom stereocenters. The highest BCUT2D eigenvalue weighted by molar-refractivity contribution is 5.91. The number of para-hydroxylation sites is 1. The van der Waals surface area contributed by atoms with Crippen LogP contribution in [0.5, 0.6) is 5.75 Å². The van der Waals surface area contributed by atoms with E-state index in [1.165, 1.54) is 17.0 Å². The number of nitrogens with one attached hydrogen (secondary N) is 1. The monoisotopic (exact) mass is 569 g/mol. The van der Waals surface area contributed by atoms with Crippen LogP contribution in [0.25, 0.3) is 0 Å². The molecular formula is C27H31ClF3N3O5. The van der Waals surface area contributed by atoms with Gasteiger partial charge in [0, 0.05) is 24.7 Å². The molecule has 2 amide bonds. The summed E-state index contributed by atoms with van der Waals surface area (Å²) in [7, 11) is 0. The zero-order valence-corrected chi connectivity index (χ0v) is 22.0. The number of carbonyl (C=O) groups excluding carboxylic acids is 2. The number of nitrogens with zero attached hydrogens (tertiary/aromatic N) is 2. The van der Waals surface area contributed by atoms with Crippen molar-refractivity contribution in [3.8, 4) is 5.75 Å². The van der Waals surface area contributed by atoms with E-state index in [0.29, 0.717) is 18.6 Å². The summed E-state index contributed by atoms with van der Waals surface area (Å²) >= 11 is 0. The molecule has 0 radical (unpaired) electrons. The molecular weight excluding hydrogens is 539 g/mol. The smallest absolute Gasteiger partial charge is 0.490 e. The molecule has 2 aromatic rings. The standard InChI is InChI=1S/C27H30F3N3O5.ClH/c28-27(29,30)38-24(18-5-7-21(8-6-18)37-22-9-13-31-14-10-22)25(34)32-15-11-20(12-16-32)33-23-4-2-1-3-19(23)17-36-26(33)35;/h1-8,20,22,24,31H,9-17H2;1H. The van der Waals surface area contributed by atoms with Gasteiger partial charge in [0.05, 0.1) is 5.69 Å². The van der Waals surface area contributed by atoms with Crippen molar-refractivity contribution >= 4 is 30.1 Å². The third-order valence-corrected chi connectivity index (χ3v) is 7.19. The highest BCUT2D eigenvalue weighted by Gasteiger charge is 2.41. The molecule has 8 nitrogen and oxygen atoms in total. The molecule has 5 rings (SSSR count). The van der Waals surface area contributed by atoms with Crippen molar-refractivity contribution in [1.82, 2.24) is 10.2 Å². The number of amides is 2. The quantitative estimate of drug-likeness (QED) is 0.529. The van der Waals surface area contributed by atoms with Gasteiger partial charge in [-0.3, -0.25) is 14.4 Å². The number of cyclic esters (lactones) is 1. The number of hydrogen-bond donors (Lipinski definition) is 1. The van der Waals surface area contributed by atoms with Crippen LogP contribution in [0, 0.1) is 0 Å². The summed E-state index contributed by atoms with van der Waals surface area (Å²) in [5.74, 6) is -0.234. The molecule has 1 unspecified atom stereocenters. The van der Waals surface area contributed by atoms with Crippen LogP contribution in [0.2, 0.25) is 0 Å². The number of ether oxygens (including phenoxy) is 3. The molecule has 3 aliphatic rings. The van der Waals surface area contributed by atoms with Crippen molar-refractivity contribution in [2.45, 2.75) is 56.9 Å². The molecule has 3 aliphatic heterocycles. The lowest BCUT2D eigenvalue weighted by molar-refractivity contribution is -0.340. The van der Waals surface area contributed by atoms with Gasteiger partial charge in [0.1, 0.15) is 18.5 Å². The van der Waals surface area contributed by atoms with Crippen LogP contribution < -0.4 is 15.0 Å². The largest absolute Gasteiger partial charge is 0.523 e. The first kappa shape index (κ1) is 29.0. The lowest BCUT2D eigenvalue weighted by Gasteiger charge is -2.40. The van der Waals surface area contributed by atoms with Crippen molar-refractivity contribution in [3.63, 3.8) is 0 Å². The van der Waals surface area contributed by atoms with Crippen molar-refractivity contribution in [1.29, 1.82) is 0 Å². The molecule has 0 bridgehead atoms. The molecule has 0 saturated carbocycles. The number of likely N-dealkylation sites (tertiary alicyclic amines) is 1. The van der Waals surface area contributed by atoms with E-state index in [1.807, 2.05) is 24.3 Å². The third-order valence-electron chi connectivity index (χ3n) is 7.19. The van der Waals surface area contributed by atoms with Crippen LogP contribution in [0.3, 0.4) is 0 Å². The van der Waals surface area contributed by atoms with E-state index in [4.69, 9.17) is 9.47 Å². The van der Waals surface area contributed by atoms with Gasteiger partial charge in [-0.1, -0.05) is 30.3 Å². The van der Waals surface area contributed by atoms with Crippen molar-refractivity contribution < 1.29 is 37.0 Å². The fraction of sp³-hybridized carbons (Fsp3) is 0.481. The molecule has 2 saturated heterocycles. The molecule has 0 aromatic heterocycles. The lowest BCUT2D eigenvalue weighted by atomic mass is 9.99. The molecule has 0 spiro atoms. The molecule has 3 heterocycles. The Bertz CT molecular complexity index is 1140. The number of anilines is 1. The number of carbonyl (C=O) groups is 2. The van der Waals surface area contributed by atoms with E-state index in [0.717, 1.165) is 37.2 Å². The average Bonchev–Trinajstić information content (AvgIpc) is 2.92. The topological polar surface area (TPSA) is 80.3 Å². The Hall–Kier alpha value is -3.02. The van der Waals surface area contributed by atoms with E-state index in [1.54, 1.807) is 17.0 Å². The fourth-order valence-electron chi connectivity index (χ4n) is 5.25. The highest BCUT2D eigenvalue weighted by Crippen LogP contribution is 2.34. The maximum atomic E-state index is 13.3. The number of alkyl halides is 3. The number of fused-ring (bicyclic) bond motifs is 1. The van der Waals surface area contributed by atoms with Gasteiger partial charge in [-0.15, -0.1) is 25.6 Å². The van der Waals surface area contributed by atoms with Crippen molar-refractivity contribution in [2.24, 2.45) is 0 Å². The highest BCUT2D eigenvalue weighted by atomic mass is 35.5. The molecule has 2 aromatic carbocycles.